The first kappa shape index (κ1) is 22.1. The molecule has 0 aliphatic rings. The van der Waals surface area contributed by atoms with Gasteiger partial charge in [-0.15, -0.1) is 0 Å². The zero-order chi connectivity index (χ0) is 22.2. The van der Waals surface area contributed by atoms with Crippen LogP contribution in [0.5, 0.6) is 5.75 Å². The average Bonchev–Trinajstić information content (AvgIpc) is 2.78. The van der Waals surface area contributed by atoms with Crippen LogP contribution in [0, 0.1) is 0 Å². The molecule has 2 amide bonds. The number of anilines is 1. The minimum Gasteiger partial charge on any atom is -0.494 e. The third kappa shape index (κ3) is 6.17. The first-order chi connectivity index (χ1) is 15.0. The minimum absolute atomic E-state index is 0.243. The molecule has 0 atom stereocenters. The maximum Gasteiger partial charge on any atom is 0.271 e. The summed E-state index contributed by atoms with van der Waals surface area (Å²) < 4.78 is 5.37. The second kappa shape index (κ2) is 10.4. The van der Waals surface area contributed by atoms with Crippen molar-refractivity contribution in [2.24, 2.45) is 5.10 Å². The number of amides is 2. The third-order valence-electron chi connectivity index (χ3n) is 4.40. The van der Waals surface area contributed by atoms with Crippen molar-refractivity contribution >= 4 is 34.8 Å². The molecular weight excluding hydrogens is 414 g/mol. The number of carbonyl (C=O) groups excluding carboxylic acids is 2. The van der Waals surface area contributed by atoms with Crippen molar-refractivity contribution in [3.05, 3.63) is 94.5 Å². The van der Waals surface area contributed by atoms with Gasteiger partial charge in [0.05, 0.1) is 12.3 Å². The van der Waals surface area contributed by atoms with E-state index < -0.39 is 0 Å². The number of carbonyl (C=O) groups is 2. The van der Waals surface area contributed by atoms with E-state index in [2.05, 4.69) is 15.8 Å². The monoisotopic (exact) mass is 435 g/mol. The van der Waals surface area contributed by atoms with Gasteiger partial charge >= 0.3 is 0 Å². The Labute approximate surface area is 185 Å². The molecule has 0 radical (unpaired) electrons. The summed E-state index contributed by atoms with van der Waals surface area (Å²) in [5.74, 6) is 0.137. The fourth-order valence-electron chi connectivity index (χ4n) is 2.76. The Bertz CT molecular complexity index is 1090. The quantitative estimate of drug-likeness (QED) is 0.398. The molecule has 0 saturated carbocycles. The molecule has 3 rings (SSSR count). The molecule has 0 aromatic heterocycles. The number of hydrogen-bond acceptors (Lipinski definition) is 4. The Hall–Kier alpha value is -3.64. The van der Waals surface area contributed by atoms with E-state index >= 15 is 0 Å². The van der Waals surface area contributed by atoms with Gasteiger partial charge in [-0.2, -0.15) is 5.10 Å². The molecule has 0 unspecified atom stereocenters. The predicted molar refractivity (Wildman–Crippen MR) is 123 cm³/mol. The largest absolute Gasteiger partial charge is 0.494 e. The van der Waals surface area contributed by atoms with E-state index in [0.717, 1.165) is 5.56 Å². The van der Waals surface area contributed by atoms with Crippen molar-refractivity contribution in [1.82, 2.24) is 5.43 Å². The second-order valence-electron chi connectivity index (χ2n) is 6.64. The molecule has 31 heavy (non-hydrogen) atoms. The highest BCUT2D eigenvalue weighted by Gasteiger charge is 2.08. The molecule has 0 aliphatic carbocycles. The topological polar surface area (TPSA) is 79.8 Å². The van der Waals surface area contributed by atoms with Crippen LogP contribution in [0.1, 0.15) is 40.1 Å². The number of hydrazone groups is 1. The van der Waals surface area contributed by atoms with E-state index in [0.29, 0.717) is 39.9 Å². The summed E-state index contributed by atoms with van der Waals surface area (Å²) in [6.07, 6.45) is 0. The van der Waals surface area contributed by atoms with Crippen molar-refractivity contribution in [2.75, 3.05) is 11.9 Å². The summed E-state index contributed by atoms with van der Waals surface area (Å²) in [6.45, 7) is 4.24. The molecule has 3 aromatic carbocycles. The first-order valence-corrected chi connectivity index (χ1v) is 10.1. The molecule has 0 saturated heterocycles. The zero-order valence-corrected chi connectivity index (χ0v) is 17.9. The van der Waals surface area contributed by atoms with Crippen LogP contribution in [0.15, 0.2) is 77.9 Å². The van der Waals surface area contributed by atoms with E-state index in [1.54, 1.807) is 73.7 Å². The first-order valence-electron chi connectivity index (χ1n) is 9.71. The number of nitrogens with one attached hydrogen (secondary N) is 2. The fourth-order valence-corrected chi connectivity index (χ4v) is 2.89. The van der Waals surface area contributed by atoms with Crippen LogP contribution in [0.2, 0.25) is 5.02 Å². The van der Waals surface area contributed by atoms with Gasteiger partial charge in [-0.1, -0.05) is 23.7 Å². The van der Waals surface area contributed by atoms with Crippen molar-refractivity contribution in [2.45, 2.75) is 13.8 Å². The number of ether oxygens (including phenoxy) is 1. The molecule has 0 bridgehead atoms. The van der Waals surface area contributed by atoms with E-state index in [1.807, 2.05) is 13.0 Å². The smallest absolute Gasteiger partial charge is 0.271 e. The van der Waals surface area contributed by atoms with Crippen molar-refractivity contribution < 1.29 is 14.3 Å². The van der Waals surface area contributed by atoms with Crippen LogP contribution >= 0.6 is 11.6 Å². The van der Waals surface area contributed by atoms with Gasteiger partial charge < -0.3 is 10.1 Å². The Morgan fingerprint density at radius 3 is 2.23 bits per heavy atom. The molecule has 0 heterocycles. The van der Waals surface area contributed by atoms with E-state index in [-0.39, 0.29) is 11.8 Å². The maximum absolute atomic E-state index is 12.4. The zero-order valence-electron chi connectivity index (χ0n) is 17.2. The molecule has 158 valence electrons. The number of halogens is 1. The molecule has 0 aliphatic heterocycles. The number of rotatable bonds is 7. The number of hydrogen-bond donors (Lipinski definition) is 2. The van der Waals surface area contributed by atoms with Gasteiger partial charge in [-0.25, -0.2) is 5.43 Å². The SMILES string of the molecule is CCOc1ccc(C(=O)NN=C(C)c2cccc(NC(=O)c3ccc(Cl)cc3)c2)cc1. The summed E-state index contributed by atoms with van der Waals surface area (Å²) in [5.41, 5.74) is 5.51. The normalized spacial score (nSPS) is 11.0. The third-order valence-corrected chi connectivity index (χ3v) is 4.65. The average molecular weight is 436 g/mol. The van der Waals surface area contributed by atoms with Gasteiger partial charge in [0.25, 0.3) is 11.8 Å². The molecule has 6 nitrogen and oxygen atoms in total. The van der Waals surface area contributed by atoms with Crippen molar-refractivity contribution in [3.8, 4) is 5.75 Å². The minimum atomic E-state index is -0.324. The van der Waals surface area contributed by atoms with E-state index in [1.165, 1.54) is 0 Å². The van der Waals surface area contributed by atoms with Gasteiger partial charge in [0.15, 0.2) is 0 Å². The second-order valence-corrected chi connectivity index (χ2v) is 7.07. The number of benzene rings is 3. The van der Waals surface area contributed by atoms with Crippen LogP contribution in [-0.4, -0.2) is 24.1 Å². The van der Waals surface area contributed by atoms with E-state index in [4.69, 9.17) is 16.3 Å². The fraction of sp³-hybridized carbons (Fsp3) is 0.125. The van der Waals surface area contributed by atoms with Crippen LogP contribution < -0.4 is 15.5 Å². The molecule has 3 aromatic rings. The highest BCUT2D eigenvalue weighted by atomic mass is 35.5. The highest BCUT2D eigenvalue weighted by Crippen LogP contribution is 2.15. The Balaban J connectivity index is 1.65. The summed E-state index contributed by atoms with van der Waals surface area (Å²) in [7, 11) is 0. The molecule has 7 heteroatoms. The lowest BCUT2D eigenvalue weighted by Crippen LogP contribution is -2.19. The maximum atomic E-state index is 12.4. The highest BCUT2D eigenvalue weighted by molar-refractivity contribution is 6.30. The molecule has 2 N–H and O–H groups in total. The lowest BCUT2D eigenvalue weighted by atomic mass is 10.1. The van der Waals surface area contributed by atoms with Gasteiger partial charge in [0, 0.05) is 21.8 Å². The summed E-state index contributed by atoms with van der Waals surface area (Å²) in [4.78, 5) is 24.7. The summed E-state index contributed by atoms with van der Waals surface area (Å²) >= 11 is 5.86. The van der Waals surface area contributed by atoms with Gasteiger partial charge in [0.2, 0.25) is 0 Å². The standard InChI is InChI=1S/C24H22ClN3O3/c1-3-31-22-13-9-18(10-14-22)24(30)28-27-16(2)19-5-4-6-21(15-19)26-23(29)17-7-11-20(25)12-8-17/h4-15H,3H2,1-2H3,(H,26,29)(H,28,30). The van der Waals surface area contributed by atoms with Gasteiger partial charge in [-0.05, 0) is 80.1 Å². The molecule has 0 spiro atoms. The molecule has 0 fully saturated rings. The van der Waals surface area contributed by atoms with Crippen molar-refractivity contribution in [1.29, 1.82) is 0 Å². The Morgan fingerprint density at radius 1 is 0.903 bits per heavy atom. The van der Waals surface area contributed by atoms with Gasteiger partial charge in [-0.3, -0.25) is 9.59 Å². The van der Waals surface area contributed by atoms with Crippen molar-refractivity contribution in [3.63, 3.8) is 0 Å². The lowest BCUT2D eigenvalue weighted by Gasteiger charge is -2.08. The van der Waals surface area contributed by atoms with Crippen LogP contribution in [0.25, 0.3) is 0 Å². The van der Waals surface area contributed by atoms with E-state index in [9.17, 15) is 9.59 Å². The Morgan fingerprint density at radius 2 is 1.55 bits per heavy atom. The summed E-state index contributed by atoms with van der Waals surface area (Å²) in [6, 6.07) is 20.7. The Kier molecular flexibility index (Phi) is 7.40. The van der Waals surface area contributed by atoms with Crippen LogP contribution in [0.4, 0.5) is 5.69 Å². The van der Waals surface area contributed by atoms with Crippen LogP contribution in [0.3, 0.4) is 0 Å². The van der Waals surface area contributed by atoms with Gasteiger partial charge in [0.1, 0.15) is 5.75 Å². The predicted octanol–water partition coefficient (Wildman–Crippen LogP) is 5.15. The van der Waals surface area contributed by atoms with Crippen LogP contribution in [-0.2, 0) is 0 Å². The molecular formula is C24H22ClN3O3. The lowest BCUT2D eigenvalue weighted by molar-refractivity contribution is 0.0954. The number of nitrogens with zero attached hydrogens (tertiary/aromatic N) is 1. The summed E-state index contributed by atoms with van der Waals surface area (Å²) in [5, 5.41) is 7.59.